The van der Waals surface area contributed by atoms with Gasteiger partial charge in [-0.15, -0.1) is 0 Å². The quantitative estimate of drug-likeness (QED) is 0.622. The highest BCUT2D eigenvalue weighted by atomic mass is 16.3. The number of benzene rings is 1. The molecule has 120 valence electrons. The molecule has 1 heterocycles. The molecule has 0 aliphatic rings. The van der Waals surface area contributed by atoms with Crippen LogP contribution in [0.4, 0.5) is 0 Å². The molecule has 0 amide bonds. The molecule has 0 bridgehead atoms. The molecule has 0 aliphatic heterocycles. The molecule has 1 aromatic heterocycles. The topological polar surface area (TPSA) is 92.2 Å². The predicted octanol–water partition coefficient (Wildman–Crippen LogP) is 1.38. The van der Waals surface area contributed by atoms with Crippen LogP contribution >= 0.6 is 0 Å². The number of nitrogens with zero attached hydrogens (tertiary/aromatic N) is 1. The summed E-state index contributed by atoms with van der Waals surface area (Å²) >= 11 is 0. The lowest BCUT2D eigenvalue weighted by molar-refractivity contribution is 0.104. The second kappa shape index (κ2) is 7.51. The Balaban J connectivity index is 2.37. The molecule has 0 fully saturated rings. The molecular weight excluding hydrogens is 296 g/mol. The van der Waals surface area contributed by atoms with E-state index >= 15 is 0 Å². The van der Waals surface area contributed by atoms with Crippen molar-refractivity contribution in [3.05, 3.63) is 74.6 Å². The third-order valence-electron chi connectivity index (χ3n) is 3.54. The maximum absolute atomic E-state index is 12.2. The first kappa shape index (κ1) is 16.6. The van der Waals surface area contributed by atoms with E-state index in [1.165, 1.54) is 16.8 Å². The number of ketones is 1. The number of allylic oxidation sites excluding steroid dienone is 1. The second-order valence-electron chi connectivity index (χ2n) is 5.06. The Bertz CT molecular complexity index is 814. The van der Waals surface area contributed by atoms with Gasteiger partial charge in [0.2, 0.25) is 0 Å². The van der Waals surface area contributed by atoms with E-state index in [0.29, 0.717) is 6.42 Å². The number of aromatic amines is 1. The molecule has 6 heteroatoms. The third-order valence-corrected chi connectivity index (χ3v) is 3.54. The van der Waals surface area contributed by atoms with Gasteiger partial charge in [0.05, 0.1) is 12.6 Å². The Morgan fingerprint density at radius 2 is 2.00 bits per heavy atom. The molecule has 1 unspecified atom stereocenters. The number of aliphatic hydroxyl groups is 1. The number of H-pyrrole nitrogens is 1. The van der Waals surface area contributed by atoms with Gasteiger partial charge in [0, 0.05) is 6.20 Å². The summed E-state index contributed by atoms with van der Waals surface area (Å²) in [6, 6.07) is 8.71. The van der Waals surface area contributed by atoms with Gasteiger partial charge in [0.15, 0.2) is 5.78 Å². The average Bonchev–Trinajstić information content (AvgIpc) is 2.56. The van der Waals surface area contributed by atoms with Crippen molar-refractivity contribution < 1.29 is 9.90 Å². The molecule has 23 heavy (non-hydrogen) atoms. The van der Waals surface area contributed by atoms with E-state index in [-0.39, 0.29) is 12.2 Å². The van der Waals surface area contributed by atoms with Crippen molar-refractivity contribution >= 4 is 11.9 Å². The van der Waals surface area contributed by atoms with E-state index in [0.717, 1.165) is 5.56 Å². The van der Waals surface area contributed by atoms with Crippen molar-refractivity contribution in [1.82, 2.24) is 9.55 Å². The van der Waals surface area contributed by atoms with Crippen molar-refractivity contribution in [3.63, 3.8) is 0 Å². The standard InChI is InChI=1S/C17H18N2O4/c1-2-13(11-20)19-10-14(16(22)18-17(19)23)15(21)9-8-12-6-4-3-5-7-12/h3-10,13,20H,2,11H2,1H3,(H,18,22,23)/b9-8+. The molecule has 0 saturated heterocycles. The van der Waals surface area contributed by atoms with Gasteiger partial charge in [-0.3, -0.25) is 19.1 Å². The molecule has 2 N–H and O–H groups in total. The first-order valence-corrected chi connectivity index (χ1v) is 7.30. The van der Waals surface area contributed by atoms with Crippen molar-refractivity contribution in [2.45, 2.75) is 19.4 Å². The third kappa shape index (κ3) is 3.92. The van der Waals surface area contributed by atoms with Crippen LogP contribution in [0.15, 0.2) is 52.2 Å². The van der Waals surface area contributed by atoms with Crippen LogP contribution in [0.2, 0.25) is 0 Å². The van der Waals surface area contributed by atoms with Crippen molar-refractivity contribution in [2.24, 2.45) is 0 Å². The molecule has 0 saturated carbocycles. The van der Waals surface area contributed by atoms with Crippen LogP contribution in [0, 0.1) is 0 Å². The minimum Gasteiger partial charge on any atom is -0.394 e. The Morgan fingerprint density at radius 3 is 2.61 bits per heavy atom. The van der Waals surface area contributed by atoms with Gasteiger partial charge < -0.3 is 5.11 Å². The minimum absolute atomic E-state index is 0.135. The van der Waals surface area contributed by atoms with Gasteiger partial charge in [-0.1, -0.05) is 43.3 Å². The van der Waals surface area contributed by atoms with Crippen LogP contribution in [-0.4, -0.2) is 27.0 Å². The van der Waals surface area contributed by atoms with Gasteiger partial charge in [-0.2, -0.15) is 0 Å². The number of nitrogens with one attached hydrogen (secondary N) is 1. The van der Waals surface area contributed by atoms with Crippen LogP contribution in [0.3, 0.4) is 0 Å². The van der Waals surface area contributed by atoms with E-state index in [4.69, 9.17) is 0 Å². The normalized spacial score (nSPS) is 12.4. The number of aliphatic hydroxyl groups excluding tert-OH is 1. The van der Waals surface area contributed by atoms with E-state index in [1.807, 2.05) is 30.3 Å². The molecule has 0 radical (unpaired) electrons. The number of hydrogen-bond acceptors (Lipinski definition) is 4. The summed E-state index contributed by atoms with van der Waals surface area (Å²) in [4.78, 5) is 38.0. The van der Waals surface area contributed by atoms with Crippen LogP contribution in [0.5, 0.6) is 0 Å². The first-order chi connectivity index (χ1) is 11.1. The summed E-state index contributed by atoms with van der Waals surface area (Å²) in [5.41, 5.74) is -0.683. The highest BCUT2D eigenvalue weighted by Crippen LogP contribution is 2.08. The average molecular weight is 314 g/mol. The van der Waals surface area contributed by atoms with E-state index in [1.54, 1.807) is 13.0 Å². The summed E-state index contributed by atoms with van der Waals surface area (Å²) in [7, 11) is 0. The lowest BCUT2D eigenvalue weighted by Gasteiger charge is -2.15. The lowest BCUT2D eigenvalue weighted by atomic mass is 10.1. The maximum atomic E-state index is 12.2. The van der Waals surface area contributed by atoms with Crippen LogP contribution in [-0.2, 0) is 0 Å². The Kier molecular flexibility index (Phi) is 5.43. The zero-order valence-electron chi connectivity index (χ0n) is 12.7. The zero-order chi connectivity index (χ0) is 16.8. The SMILES string of the molecule is CCC(CO)n1cc(C(=O)/C=C/c2ccccc2)c(=O)[nH]c1=O. The van der Waals surface area contributed by atoms with Crippen molar-refractivity contribution in [1.29, 1.82) is 0 Å². The minimum atomic E-state index is -0.734. The Labute approximate surface area is 132 Å². The van der Waals surface area contributed by atoms with Crippen LogP contribution in [0.1, 0.15) is 35.3 Å². The molecule has 0 spiro atoms. The van der Waals surface area contributed by atoms with Gasteiger partial charge >= 0.3 is 5.69 Å². The second-order valence-corrected chi connectivity index (χ2v) is 5.06. The van der Waals surface area contributed by atoms with Gasteiger partial charge in [0.25, 0.3) is 5.56 Å². The molecule has 0 aliphatic carbocycles. The number of carbonyl (C=O) groups excluding carboxylic acids is 1. The van der Waals surface area contributed by atoms with Gasteiger partial charge in [-0.05, 0) is 18.1 Å². The summed E-state index contributed by atoms with van der Waals surface area (Å²) in [5, 5.41) is 9.30. The van der Waals surface area contributed by atoms with Crippen LogP contribution in [0.25, 0.3) is 6.08 Å². The summed E-state index contributed by atoms with van der Waals surface area (Å²) in [5.74, 6) is -0.503. The molecule has 1 aromatic carbocycles. The largest absolute Gasteiger partial charge is 0.394 e. The maximum Gasteiger partial charge on any atom is 0.328 e. The predicted molar refractivity (Wildman–Crippen MR) is 87.5 cm³/mol. The van der Waals surface area contributed by atoms with E-state index in [9.17, 15) is 19.5 Å². The molecule has 2 aromatic rings. The smallest absolute Gasteiger partial charge is 0.328 e. The highest BCUT2D eigenvalue weighted by Gasteiger charge is 2.15. The number of rotatable bonds is 6. The van der Waals surface area contributed by atoms with Crippen molar-refractivity contribution in [2.75, 3.05) is 6.61 Å². The fraction of sp³-hybridized carbons (Fsp3) is 0.235. The van der Waals surface area contributed by atoms with Gasteiger partial charge in [-0.25, -0.2) is 4.79 Å². The molecule has 2 rings (SSSR count). The number of carbonyl (C=O) groups is 1. The van der Waals surface area contributed by atoms with E-state index in [2.05, 4.69) is 4.98 Å². The molecule has 6 nitrogen and oxygen atoms in total. The summed E-state index contributed by atoms with van der Waals surface area (Å²) in [6.07, 6.45) is 4.59. The summed E-state index contributed by atoms with van der Waals surface area (Å²) < 4.78 is 1.19. The van der Waals surface area contributed by atoms with Crippen LogP contribution < -0.4 is 11.2 Å². The molecule has 1 atom stereocenters. The number of hydrogen-bond donors (Lipinski definition) is 2. The van der Waals surface area contributed by atoms with Crippen molar-refractivity contribution in [3.8, 4) is 0 Å². The zero-order valence-corrected chi connectivity index (χ0v) is 12.7. The van der Waals surface area contributed by atoms with E-state index < -0.39 is 23.1 Å². The summed E-state index contributed by atoms with van der Waals surface area (Å²) in [6.45, 7) is 1.55. The fourth-order valence-electron chi connectivity index (χ4n) is 2.17. The highest BCUT2D eigenvalue weighted by molar-refractivity contribution is 6.06. The number of aromatic nitrogens is 2. The van der Waals surface area contributed by atoms with Gasteiger partial charge in [0.1, 0.15) is 5.56 Å². The molecular formula is C17H18N2O4. The monoisotopic (exact) mass is 314 g/mol. The fourth-order valence-corrected chi connectivity index (χ4v) is 2.17. The Morgan fingerprint density at radius 1 is 1.30 bits per heavy atom. The lowest BCUT2D eigenvalue weighted by Crippen LogP contribution is -2.36. The first-order valence-electron chi connectivity index (χ1n) is 7.30. The Hall–Kier alpha value is -2.73.